The molecule has 1 aliphatic rings. The quantitative estimate of drug-likeness (QED) is 0.747. The number of carbonyl (C=O) groups is 1. The Balaban J connectivity index is 2.60. The summed E-state index contributed by atoms with van der Waals surface area (Å²) in [6.45, 7) is 1.38. The lowest BCUT2D eigenvalue weighted by Gasteiger charge is -2.13. The summed E-state index contributed by atoms with van der Waals surface area (Å²) in [7, 11) is -3.38. The molecule has 1 N–H and O–H groups in total. The average Bonchev–Trinajstić information content (AvgIpc) is 2.83. The van der Waals surface area contributed by atoms with E-state index in [2.05, 4.69) is 0 Å². The average molecular weight is 245 g/mol. The Morgan fingerprint density at radius 3 is 2.50 bits per heavy atom. The van der Waals surface area contributed by atoms with Gasteiger partial charge in [-0.1, -0.05) is 6.92 Å². The van der Waals surface area contributed by atoms with Crippen LogP contribution in [0.3, 0.4) is 0 Å². The molecule has 1 atom stereocenters. The molecule has 1 aliphatic carbocycles. The highest BCUT2D eigenvalue weighted by molar-refractivity contribution is 7.91. The van der Waals surface area contributed by atoms with Gasteiger partial charge < -0.3 is 5.11 Å². The zero-order valence-electron chi connectivity index (χ0n) is 9.14. The smallest absolute Gasteiger partial charge is 0.307 e. The molecular weight excluding hydrogens is 230 g/mol. The van der Waals surface area contributed by atoms with Gasteiger partial charge in [0, 0.05) is 6.42 Å². The number of hydrogen-bond acceptors (Lipinski definition) is 4. The van der Waals surface area contributed by atoms with Gasteiger partial charge >= 0.3 is 5.97 Å². The van der Waals surface area contributed by atoms with Gasteiger partial charge in [0.2, 0.25) is 0 Å². The van der Waals surface area contributed by atoms with Crippen molar-refractivity contribution in [3.8, 4) is 6.07 Å². The van der Waals surface area contributed by atoms with Crippen LogP contribution < -0.4 is 0 Å². The van der Waals surface area contributed by atoms with Gasteiger partial charge in [0.05, 0.1) is 23.5 Å². The van der Waals surface area contributed by atoms with Crippen LogP contribution in [0.2, 0.25) is 0 Å². The summed E-state index contributed by atoms with van der Waals surface area (Å²) in [5.74, 6) is -2.38. The maximum atomic E-state index is 11.7. The second kappa shape index (κ2) is 4.42. The Morgan fingerprint density at radius 1 is 1.56 bits per heavy atom. The summed E-state index contributed by atoms with van der Waals surface area (Å²) in [6, 6.07) is 1.99. The van der Waals surface area contributed by atoms with Gasteiger partial charge in [-0.2, -0.15) is 5.26 Å². The van der Waals surface area contributed by atoms with Gasteiger partial charge in [0.1, 0.15) is 0 Å². The van der Waals surface area contributed by atoms with Gasteiger partial charge in [0.25, 0.3) is 0 Å². The van der Waals surface area contributed by atoms with Crippen LogP contribution in [-0.2, 0) is 14.6 Å². The minimum absolute atomic E-state index is 0.0504. The Hall–Kier alpha value is -1.09. The van der Waals surface area contributed by atoms with Crippen LogP contribution in [0.1, 0.15) is 26.2 Å². The molecular formula is C10H15NO4S. The van der Waals surface area contributed by atoms with Gasteiger partial charge in [-0.3, -0.25) is 4.79 Å². The third kappa shape index (κ3) is 3.49. The molecule has 0 bridgehead atoms. The first kappa shape index (κ1) is 13.0. The van der Waals surface area contributed by atoms with E-state index in [1.807, 2.05) is 6.07 Å². The van der Waals surface area contributed by atoms with Crippen molar-refractivity contribution < 1.29 is 18.3 Å². The lowest BCUT2D eigenvalue weighted by Crippen LogP contribution is -2.26. The van der Waals surface area contributed by atoms with E-state index in [4.69, 9.17) is 10.4 Å². The summed E-state index contributed by atoms with van der Waals surface area (Å²) in [4.78, 5) is 10.6. The Bertz CT molecular complexity index is 417. The minimum Gasteiger partial charge on any atom is -0.481 e. The summed E-state index contributed by atoms with van der Waals surface area (Å²) in [6.07, 6.45) is 1.75. The standard InChI is InChI=1S/C10H15NO4S/c1-8(9(12)13)6-16(14,15)7-10(2-3-10)4-5-11/h8H,2-4,6-7H2,1H3,(H,12,13). The molecule has 1 fully saturated rings. The van der Waals surface area contributed by atoms with Crippen molar-refractivity contribution in [2.75, 3.05) is 11.5 Å². The predicted molar refractivity (Wildman–Crippen MR) is 57.4 cm³/mol. The largest absolute Gasteiger partial charge is 0.481 e. The van der Waals surface area contributed by atoms with Crippen LogP contribution in [0.25, 0.3) is 0 Å². The molecule has 1 rings (SSSR count). The van der Waals surface area contributed by atoms with Crippen molar-refractivity contribution in [2.24, 2.45) is 11.3 Å². The first-order valence-corrected chi connectivity index (χ1v) is 6.93. The molecule has 0 radical (unpaired) electrons. The molecule has 1 unspecified atom stereocenters. The molecule has 0 aromatic carbocycles. The summed E-state index contributed by atoms with van der Waals surface area (Å²) in [5.41, 5.74) is -0.383. The lowest BCUT2D eigenvalue weighted by atomic mass is 10.1. The number of carboxylic acid groups (broad SMARTS) is 1. The zero-order chi connectivity index (χ0) is 12.4. The third-order valence-electron chi connectivity index (χ3n) is 2.86. The van der Waals surface area contributed by atoms with E-state index in [0.29, 0.717) is 0 Å². The molecule has 0 heterocycles. The normalized spacial score (nSPS) is 19.8. The van der Waals surface area contributed by atoms with Gasteiger partial charge in [0.15, 0.2) is 9.84 Å². The van der Waals surface area contributed by atoms with Crippen LogP contribution in [0.5, 0.6) is 0 Å². The van der Waals surface area contributed by atoms with Crippen LogP contribution in [0.15, 0.2) is 0 Å². The van der Waals surface area contributed by atoms with Crippen molar-refractivity contribution in [2.45, 2.75) is 26.2 Å². The van der Waals surface area contributed by atoms with E-state index < -0.39 is 21.7 Å². The molecule has 5 nitrogen and oxygen atoms in total. The van der Waals surface area contributed by atoms with Gasteiger partial charge in [-0.05, 0) is 18.3 Å². The topological polar surface area (TPSA) is 95.2 Å². The van der Waals surface area contributed by atoms with Gasteiger partial charge in [-0.25, -0.2) is 8.42 Å². The second-order valence-electron chi connectivity index (χ2n) is 4.63. The number of hydrogen-bond donors (Lipinski definition) is 1. The minimum atomic E-state index is -3.38. The molecule has 6 heteroatoms. The van der Waals surface area contributed by atoms with E-state index in [9.17, 15) is 13.2 Å². The molecule has 16 heavy (non-hydrogen) atoms. The van der Waals surface area contributed by atoms with Crippen LogP contribution in [0, 0.1) is 22.7 Å². The molecule has 90 valence electrons. The maximum absolute atomic E-state index is 11.7. The number of carboxylic acids is 1. The van der Waals surface area contributed by atoms with E-state index in [-0.39, 0.29) is 23.3 Å². The highest BCUT2D eigenvalue weighted by atomic mass is 32.2. The maximum Gasteiger partial charge on any atom is 0.307 e. The number of nitriles is 1. The van der Waals surface area contributed by atoms with Crippen molar-refractivity contribution in [1.82, 2.24) is 0 Å². The molecule has 0 aromatic rings. The number of nitrogens with zero attached hydrogens (tertiary/aromatic N) is 1. The van der Waals surface area contributed by atoms with Crippen LogP contribution in [0.4, 0.5) is 0 Å². The monoisotopic (exact) mass is 245 g/mol. The van der Waals surface area contributed by atoms with Crippen molar-refractivity contribution in [3.63, 3.8) is 0 Å². The molecule has 0 spiro atoms. The second-order valence-corrected chi connectivity index (χ2v) is 6.74. The molecule has 0 aliphatic heterocycles. The van der Waals surface area contributed by atoms with Crippen molar-refractivity contribution >= 4 is 15.8 Å². The first-order chi connectivity index (χ1) is 7.30. The predicted octanol–water partition coefficient (Wildman–Crippen LogP) is 0.816. The highest BCUT2D eigenvalue weighted by Gasteiger charge is 2.46. The van der Waals surface area contributed by atoms with E-state index in [1.165, 1.54) is 6.92 Å². The summed E-state index contributed by atoms with van der Waals surface area (Å²) in [5, 5.41) is 17.2. The fourth-order valence-electron chi connectivity index (χ4n) is 1.69. The lowest BCUT2D eigenvalue weighted by molar-refractivity contribution is -0.140. The molecule has 1 saturated carbocycles. The van der Waals surface area contributed by atoms with E-state index >= 15 is 0 Å². The number of aliphatic carboxylic acids is 1. The fourth-order valence-corrected chi connectivity index (χ4v) is 4.04. The number of rotatable bonds is 6. The fraction of sp³-hybridized carbons (Fsp3) is 0.800. The number of sulfone groups is 1. The van der Waals surface area contributed by atoms with Crippen molar-refractivity contribution in [1.29, 1.82) is 5.26 Å². The highest BCUT2D eigenvalue weighted by Crippen LogP contribution is 2.49. The Labute approximate surface area is 95.0 Å². The van der Waals surface area contributed by atoms with Crippen molar-refractivity contribution in [3.05, 3.63) is 0 Å². The Kier molecular flexibility index (Phi) is 3.58. The third-order valence-corrected chi connectivity index (χ3v) is 4.92. The van der Waals surface area contributed by atoms with E-state index in [0.717, 1.165) is 12.8 Å². The summed E-state index contributed by atoms with van der Waals surface area (Å²) >= 11 is 0. The first-order valence-electron chi connectivity index (χ1n) is 5.10. The SMILES string of the molecule is CC(CS(=O)(=O)CC1(CC#N)CC1)C(=O)O. The zero-order valence-corrected chi connectivity index (χ0v) is 9.96. The molecule has 0 saturated heterocycles. The Morgan fingerprint density at radius 2 is 2.12 bits per heavy atom. The molecule has 0 aromatic heterocycles. The molecule has 0 amide bonds. The van der Waals surface area contributed by atoms with E-state index in [1.54, 1.807) is 0 Å². The summed E-state index contributed by atoms with van der Waals surface area (Å²) < 4.78 is 23.4. The van der Waals surface area contributed by atoms with Crippen LogP contribution >= 0.6 is 0 Å². The van der Waals surface area contributed by atoms with Crippen LogP contribution in [-0.4, -0.2) is 31.0 Å². The van der Waals surface area contributed by atoms with Gasteiger partial charge in [-0.15, -0.1) is 0 Å².